The molecule has 1 aliphatic rings. The SMILES string of the molecule is [2H]c1nc(NC(C([2H])([2H])[2H])(C([2H])([2H])[2H])C([2H])([2H])[2H])[nH]c(=NC2([2H])CCC(C([2H])([2H])[2H])C([2H])(O)C2)c1C(N)=O. The molecule has 0 saturated heterocycles. The summed E-state index contributed by atoms with van der Waals surface area (Å²) in [5.74, 6) is -3.76. The number of hydrogen-bond donors (Lipinski definition) is 4. The zero-order valence-electron chi connectivity index (χ0n) is 27.0. The highest BCUT2D eigenvalue weighted by molar-refractivity contribution is 5.92. The maximum Gasteiger partial charge on any atom is 0.254 e. The van der Waals surface area contributed by atoms with Gasteiger partial charge >= 0.3 is 0 Å². The van der Waals surface area contributed by atoms with Gasteiger partial charge in [0.1, 0.15) is 5.49 Å². The van der Waals surface area contributed by atoms with E-state index in [-0.39, 0.29) is 12.8 Å². The molecule has 0 spiro atoms. The molecular formula is C16H27N5O2. The average Bonchev–Trinajstić information content (AvgIpc) is 2.59. The second-order valence-electron chi connectivity index (χ2n) is 5.10. The molecule has 1 aliphatic carbocycles. The first-order chi connectivity index (χ1) is 16.7. The van der Waals surface area contributed by atoms with Crippen LogP contribution < -0.4 is 16.5 Å². The molecule has 1 fully saturated rings. The van der Waals surface area contributed by atoms with Crippen molar-refractivity contribution >= 4 is 11.9 Å². The van der Waals surface area contributed by atoms with E-state index in [0.29, 0.717) is 0 Å². The van der Waals surface area contributed by atoms with Gasteiger partial charge in [0.25, 0.3) is 5.91 Å². The summed E-state index contributed by atoms with van der Waals surface area (Å²) in [4.78, 5) is 21.7. The van der Waals surface area contributed by atoms with Crippen molar-refractivity contribution in [2.75, 3.05) is 5.32 Å². The van der Waals surface area contributed by atoms with Crippen LogP contribution in [0.5, 0.6) is 0 Å². The van der Waals surface area contributed by atoms with E-state index in [1.807, 2.05) is 5.32 Å². The Bertz CT molecular complexity index is 1100. The van der Waals surface area contributed by atoms with E-state index in [0.717, 1.165) is 0 Å². The summed E-state index contributed by atoms with van der Waals surface area (Å²) < 4.78 is 117. The topological polar surface area (TPSA) is 116 Å². The van der Waals surface area contributed by atoms with Gasteiger partial charge in [-0.15, -0.1) is 0 Å². The molecule has 23 heavy (non-hydrogen) atoms. The average molecular weight is 337 g/mol. The molecule has 1 saturated carbocycles. The second kappa shape index (κ2) is 6.70. The zero-order valence-corrected chi connectivity index (χ0v) is 12.0. The van der Waals surface area contributed by atoms with E-state index in [4.69, 9.17) is 26.3 Å². The molecular weight excluding hydrogens is 294 g/mol. The number of hydrogen-bond acceptors (Lipinski definition) is 5. The van der Waals surface area contributed by atoms with Crippen molar-refractivity contribution in [3.05, 3.63) is 17.2 Å². The minimum absolute atomic E-state index is 0.342. The lowest BCUT2D eigenvalue weighted by Crippen LogP contribution is -2.34. The van der Waals surface area contributed by atoms with E-state index in [2.05, 4.69) is 15.0 Å². The number of aromatic nitrogens is 2. The maximum atomic E-state index is 12.0. The molecule has 0 bridgehead atoms. The lowest BCUT2D eigenvalue weighted by molar-refractivity contribution is 0.0704. The lowest BCUT2D eigenvalue weighted by Gasteiger charge is -2.28. The number of nitrogens with two attached hydrogens (primary N) is 1. The minimum Gasteiger partial charge on any atom is -0.393 e. The van der Waals surface area contributed by atoms with E-state index in [1.165, 1.54) is 0 Å². The van der Waals surface area contributed by atoms with Crippen LogP contribution in [0.1, 0.15) is 77.6 Å². The smallest absolute Gasteiger partial charge is 0.254 e. The highest BCUT2D eigenvalue weighted by Gasteiger charge is 2.26. The molecule has 0 aromatic carbocycles. The Hall–Kier alpha value is -1.89. The number of anilines is 1. The van der Waals surface area contributed by atoms with Crippen LogP contribution in [0.3, 0.4) is 0 Å². The van der Waals surface area contributed by atoms with Crippen LogP contribution in [-0.2, 0) is 0 Å². The number of rotatable bonds is 3. The van der Waals surface area contributed by atoms with Crippen LogP contribution in [0.2, 0.25) is 0 Å². The van der Waals surface area contributed by atoms with Crippen LogP contribution in [-0.4, -0.2) is 38.6 Å². The van der Waals surface area contributed by atoms with Crippen molar-refractivity contribution in [1.29, 1.82) is 0 Å². The predicted molar refractivity (Wildman–Crippen MR) is 88.9 cm³/mol. The molecule has 1 aromatic rings. The van der Waals surface area contributed by atoms with Crippen LogP contribution in [0.4, 0.5) is 5.95 Å². The lowest BCUT2D eigenvalue weighted by atomic mass is 9.85. The van der Waals surface area contributed by atoms with Crippen LogP contribution in [0.15, 0.2) is 11.2 Å². The van der Waals surface area contributed by atoms with Gasteiger partial charge in [-0.3, -0.25) is 9.79 Å². The number of nitrogens with zero attached hydrogens (tertiary/aromatic N) is 2. The molecule has 3 unspecified atom stereocenters. The summed E-state index contributed by atoms with van der Waals surface area (Å²) in [7, 11) is 0. The van der Waals surface area contributed by atoms with E-state index in [9.17, 15) is 9.90 Å². The number of amides is 1. The first-order valence-corrected chi connectivity index (χ1v) is 6.66. The summed E-state index contributed by atoms with van der Waals surface area (Å²) >= 11 is 0. The first-order valence-electron chi connectivity index (χ1n) is 14.2. The Kier molecular flexibility index (Phi) is 1.81. The van der Waals surface area contributed by atoms with Crippen molar-refractivity contribution in [3.63, 3.8) is 0 Å². The summed E-state index contributed by atoms with van der Waals surface area (Å²) in [6, 6.07) is -2.17. The molecule has 1 heterocycles. The van der Waals surface area contributed by atoms with Crippen LogP contribution in [0.25, 0.3) is 0 Å². The molecule has 0 aliphatic heterocycles. The quantitative estimate of drug-likeness (QED) is 0.663. The number of primary amides is 1. The fourth-order valence-corrected chi connectivity index (χ4v) is 2.01. The first kappa shape index (κ1) is 6.20. The summed E-state index contributed by atoms with van der Waals surface area (Å²) in [5.41, 5.74) is 0.189. The molecule has 3 atom stereocenters. The molecule has 0 radical (unpaired) electrons. The van der Waals surface area contributed by atoms with Gasteiger partial charge in [-0.25, -0.2) is 4.98 Å². The van der Waals surface area contributed by atoms with Crippen molar-refractivity contribution in [2.24, 2.45) is 16.6 Å². The van der Waals surface area contributed by atoms with Crippen molar-refractivity contribution < 1.29 is 30.5 Å². The minimum atomic E-state index is -3.70. The Morgan fingerprint density at radius 1 is 1.65 bits per heavy atom. The van der Waals surface area contributed by atoms with E-state index >= 15 is 0 Å². The Balaban J connectivity index is 2.78. The van der Waals surface area contributed by atoms with Gasteiger partial charge < -0.3 is 21.1 Å². The molecule has 7 nitrogen and oxygen atoms in total. The standard InChI is InChI=1S/C16H27N5O2/c1-9-5-6-10(7-12(9)22)19-14-11(13(17)23)8-18-15(20-14)21-16(2,3)4/h8-10,12,22H,5-7H2,1-4H3,(H2,17,23)(H2,18,19,20,21)/i1D3,2D3,3D3,4D3,8D,10D,12D. The number of aromatic amines is 1. The number of carbonyl (C=O) groups excluding carboxylic acids is 1. The van der Waals surface area contributed by atoms with Gasteiger partial charge in [0.2, 0.25) is 5.95 Å². The van der Waals surface area contributed by atoms with Gasteiger partial charge in [0, 0.05) is 28.2 Å². The van der Waals surface area contributed by atoms with Gasteiger partial charge in [-0.2, -0.15) is 0 Å². The summed E-state index contributed by atoms with van der Waals surface area (Å²) in [6.07, 6.45) is -5.21. The Morgan fingerprint density at radius 3 is 3.04 bits per heavy atom. The molecule has 7 heteroatoms. The summed E-state index contributed by atoms with van der Waals surface area (Å²) in [5, 5.41) is 12.3. The second-order valence-corrected chi connectivity index (χ2v) is 5.10. The van der Waals surface area contributed by atoms with Gasteiger partial charge in [0.05, 0.1) is 21.8 Å². The van der Waals surface area contributed by atoms with Crippen LogP contribution in [0, 0.1) is 5.92 Å². The third kappa shape index (κ3) is 4.79. The number of aliphatic hydroxyl groups is 1. The van der Waals surface area contributed by atoms with Gasteiger partial charge in [-0.1, -0.05) is 6.85 Å². The third-order valence-electron chi connectivity index (χ3n) is 3.08. The van der Waals surface area contributed by atoms with Gasteiger partial charge in [0.15, 0.2) is 0 Å². The fraction of sp³-hybridized carbons (Fsp3) is 0.688. The maximum absolute atomic E-state index is 12.0. The van der Waals surface area contributed by atoms with Gasteiger partial charge in [-0.05, 0) is 45.7 Å². The summed E-state index contributed by atoms with van der Waals surface area (Å²) in [6.45, 7) is -13.8. The van der Waals surface area contributed by atoms with E-state index in [1.54, 1.807) is 0 Å². The monoisotopic (exact) mass is 336 g/mol. The highest BCUT2D eigenvalue weighted by Crippen LogP contribution is 2.25. The highest BCUT2D eigenvalue weighted by atomic mass is 16.3. The number of H-pyrrole nitrogens is 1. The molecule has 5 N–H and O–H groups in total. The Labute approximate surface area is 157 Å². The van der Waals surface area contributed by atoms with Crippen LogP contribution >= 0.6 is 0 Å². The van der Waals surface area contributed by atoms with Crippen molar-refractivity contribution in [1.82, 2.24) is 9.97 Å². The molecule has 1 aromatic heterocycles. The molecule has 2 rings (SSSR count). The van der Waals surface area contributed by atoms with E-state index < -0.39 is 86.5 Å². The zero-order chi connectivity index (χ0) is 29.9. The number of carbonyl (C=O) groups is 1. The predicted octanol–water partition coefficient (Wildman–Crippen LogP) is 1.17. The largest absolute Gasteiger partial charge is 0.393 e. The normalized spacial score (nSPS) is 44.3. The molecule has 1 amide bonds. The number of nitrogens with one attached hydrogen (secondary N) is 2. The Morgan fingerprint density at radius 2 is 2.43 bits per heavy atom. The van der Waals surface area contributed by atoms with Crippen molar-refractivity contribution in [2.45, 2.75) is 64.3 Å². The third-order valence-corrected chi connectivity index (χ3v) is 3.08. The van der Waals surface area contributed by atoms with Crippen molar-refractivity contribution in [3.8, 4) is 0 Å². The molecule has 128 valence electrons. The fourth-order valence-electron chi connectivity index (χ4n) is 2.01.